The Morgan fingerprint density at radius 2 is 1.41 bits per heavy atom. The van der Waals surface area contributed by atoms with Crippen molar-refractivity contribution in [1.82, 2.24) is 4.98 Å². The van der Waals surface area contributed by atoms with Gasteiger partial charge in [-0.25, -0.2) is 4.98 Å². The molecule has 0 radical (unpaired) electrons. The van der Waals surface area contributed by atoms with Crippen molar-refractivity contribution >= 4 is 11.3 Å². The van der Waals surface area contributed by atoms with E-state index in [1.807, 2.05) is 12.1 Å². The SMILES string of the molecule is N#CC(CCCc1ccccc1)c1nc(-c2ccc(-c3ccccc3)cc2)cs1. The van der Waals surface area contributed by atoms with E-state index in [1.165, 1.54) is 16.7 Å². The predicted molar refractivity (Wildman–Crippen MR) is 121 cm³/mol. The second-order valence-corrected chi connectivity index (χ2v) is 7.96. The molecule has 3 heteroatoms. The molecule has 1 aromatic heterocycles. The van der Waals surface area contributed by atoms with E-state index in [-0.39, 0.29) is 5.92 Å². The van der Waals surface area contributed by atoms with Crippen molar-refractivity contribution in [3.8, 4) is 28.5 Å². The monoisotopic (exact) mass is 394 g/mol. The number of benzene rings is 3. The van der Waals surface area contributed by atoms with Crippen molar-refractivity contribution < 1.29 is 0 Å². The Balaban J connectivity index is 1.42. The summed E-state index contributed by atoms with van der Waals surface area (Å²) in [6.07, 6.45) is 2.83. The average Bonchev–Trinajstić information content (AvgIpc) is 3.28. The first-order valence-electron chi connectivity index (χ1n) is 9.88. The van der Waals surface area contributed by atoms with E-state index >= 15 is 0 Å². The highest BCUT2D eigenvalue weighted by Gasteiger charge is 2.15. The van der Waals surface area contributed by atoms with Crippen LogP contribution in [0.1, 0.15) is 29.3 Å². The quantitative estimate of drug-likeness (QED) is 0.335. The summed E-state index contributed by atoms with van der Waals surface area (Å²) in [4.78, 5) is 4.78. The Bertz CT molecular complexity index is 1080. The van der Waals surface area contributed by atoms with Crippen molar-refractivity contribution in [1.29, 1.82) is 5.26 Å². The Morgan fingerprint density at radius 1 is 0.793 bits per heavy atom. The van der Waals surface area contributed by atoms with Crippen LogP contribution >= 0.6 is 11.3 Å². The number of aryl methyl sites for hydroxylation is 1. The summed E-state index contributed by atoms with van der Waals surface area (Å²) < 4.78 is 0. The van der Waals surface area contributed by atoms with Crippen LogP contribution in [-0.2, 0) is 6.42 Å². The smallest absolute Gasteiger partial charge is 0.110 e. The number of hydrogen-bond donors (Lipinski definition) is 0. The number of thiazole rings is 1. The molecule has 0 spiro atoms. The third-order valence-corrected chi connectivity index (χ3v) is 6.02. The summed E-state index contributed by atoms with van der Waals surface area (Å²) in [6.45, 7) is 0. The first-order chi connectivity index (χ1) is 14.3. The lowest BCUT2D eigenvalue weighted by molar-refractivity contribution is 0.681. The third-order valence-electron chi connectivity index (χ3n) is 5.06. The molecule has 0 bridgehead atoms. The minimum Gasteiger partial charge on any atom is -0.240 e. The first-order valence-corrected chi connectivity index (χ1v) is 10.8. The molecule has 1 unspecified atom stereocenters. The maximum Gasteiger partial charge on any atom is 0.110 e. The van der Waals surface area contributed by atoms with Crippen LogP contribution in [0.2, 0.25) is 0 Å². The summed E-state index contributed by atoms with van der Waals surface area (Å²) in [6, 6.07) is 31.7. The number of hydrogen-bond acceptors (Lipinski definition) is 3. The van der Waals surface area contributed by atoms with E-state index in [9.17, 15) is 5.26 Å². The number of aromatic nitrogens is 1. The van der Waals surface area contributed by atoms with Gasteiger partial charge in [0.25, 0.3) is 0 Å². The Morgan fingerprint density at radius 3 is 2.10 bits per heavy atom. The molecule has 2 nitrogen and oxygen atoms in total. The molecular weight excluding hydrogens is 372 g/mol. The molecule has 29 heavy (non-hydrogen) atoms. The van der Waals surface area contributed by atoms with Gasteiger partial charge in [-0.05, 0) is 36.0 Å². The second-order valence-electron chi connectivity index (χ2n) is 7.07. The van der Waals surface area contributed by atoms with E-state index in [0.717, 1.165) is 35.5 Å². The Labute approximate surface area is 176 Å². The molecule has 4 rings (SSSR count). The Kier molecular flexibility index (Phi) is 6.14. The van der Waals surface area contributed by atoms with Crippen molar-refractivity contribution in [3.63, 3.8) is 0 Å². The highest BCUT2D eigenvalue weighted by atomic mass is 32.1. The van der Waals surface area contributed by atoms with Crippen molar-refractivity contribution in [2.75, 3.05) is 0 Å². The van der Waals surface area contributed by atoms with Gasteiger partial charge in [-0.1, -0.05) is 84.9 Å². The van der Waals surface area contributed by atoms with Gasteiger partial charge in [0.15, 0.2) is 0 Å². The zero-order chi connectivity index (χ0) is 19.9. The summed E-state index contributed by atoms with van der Waals surface area (Å²) in [7, 11) is 0. The second kappa shape index (κ2) is 9.32. The van der Waals surface area contributed by atoms with E-state index in [4.69, 9.17) is 4.98 Å². The minimum absolute atomic E-state index is 0.138. The number of nitrogens with zero attached hydrogens (tertiary/aromatic N) is 2. The normalized spacial score (nSPS) is 11.7. The van der Waals surface area contributed by atoms with E-state index < -0.39 is 0 Å². The maximum absolute atomic E-state index is 9.64. The van der Waals surface area contributed by atoms with Crippen LogP contribution in [0, 0.1) is 11.3 Å². The lowest BCUT2D eigenvalue weighted by atomic mass is 10.0. The van der Waals surface area contributed by atoms with Gasteiger partial charge in [0, 0.05) is 10.9 Å². The summed E-state index contributed by atoms with van der Waals surface area (Å²) in [5, 5.41) is 12.6. The summed E-state index contributed by atoms with van der Waals surface area (Å²) in [5.41, 5.74) is 5.77. The van der Waals surface area contributed by atoms with Gasteiger partial charge in [-0.3, -0.25) is 0 Å². The van der Waals surface area contributed by atoms with Gasteiger partial charge < -0.3 is 0 Å². The lowest BCUT2D eigenvalue weighted by Crippen LogP contribution is -1.97. The minimum atomic E-state index is -0.138. The summed E-state index contributed by atoms with van der Waals surface area (Å²) >= 11 is 1.59. The van der Waals surface area contributed by atoms with Crippen LogP contribution in [0.15, 0.2) is 90.3 Å². The fourth-order valence-corrected chi connectivity index (χ4v) is 4.35. The molecule has 142 valence electrons. The molecular formula is C26H22N2S. The lowest BCUT2D eigenvalue weighted by Gasteiger charge is -2.06. The molecule has 0 saturated carbocycles. The topological polar surface area (TPSA) is 36.7 Å². The van der Waals surface area contributed by atoms with Crippen LogP contribution in [0.3, 0.4) is 0 Å². The fourth-order valence-electron chi connectivity index (χ4n) is 3.44. The van der Waals surface area contributed by atoms with Crippen molar-refractivity contribution in [3.05, 3.63) is 101 Å². The van der Waals surface area contributed by atoms with Crippen LogP contribution in [0.4, 0.5) is 0 Å². The molecule has 0 fully saturated rings. The molecule has 1 atom stereocenters. The van der Waals surface area contributed by atoms with Crippen molar-refractivity contribution in [2.24, 2.45) is 0 Å². The van der Waals surface area contributed by atoms with E-state index in [0.29, 0.717) is 0 Å². The molecule has 4 aromatic rings. The molecule has 0 N–H and O–H groups in total. The third kappa shape index (κ3) is 4.80. The highest BCUT2D eigenvalue weighted by Crippen LogP contribution is 2.30. The average molecular weight is 395 g/mol. The van der Waals surface area contributed by atoms with E-state index in [1.54, 1.807) is 11.3 Å². The van der Waals surface area contributed by atoms with E-state index in [2.05, 4.69) is 84.2 Å². The van der Waals surface area contributed by atoms with Gasteiger partial charge in [0.1, 0.15) is 5.01 Å². The zero-order valence-electron chi connectivity index (χ0n) is 16.2. The number of nitriles is 1. The van der Waals surface area contributed by atoms with Gasteiger partial charge in [0.2, 0.25) is 0 Å². The molecule has 0 aliphatic heterocycles. The molecule has 0 aliphatic rings. The summed E-state index contributed by atoms with van der Waals surface area (Å²) in [5.74, 6) is -0.138. The van der Waals surface area contributed by atoms with Gasteiger partial charge in [-0.15, -0.1) is 11.3 Å². The van der Waals surface area contributed by atoms with Gasteiger partial charge in [-0.2, -0.15) is 5.26 Å². The van der Waals surface area contributed by atoms with Crippen LogP contribution in [-0.4, -0.2) is 4.98 Å². The molecule has 0 aliphatic carbocycles. The molecule has 0 saturated heterocycles. The van der Waals surface area contributed by atoms with Crippen LogP contribution in [0.5, 0.6) is 0 Å². The van der Waals surface area contributed by atoms with Gasteiger partial charge >= 0.3 is 0 Å². The van der Waals surface area contributed by atoms with Crippen LogP contribution in [0.25, 0.3) is 22.4 Å². The molecule has 0 amide bonds. The predicted octanol–water partition coefficient (Wildman–Crippen LogP) is 7.11. The standard InChI is InChI=1S/C26H22N2S/c27-18-24(13-7-10-20-8-3-1-4-9-20)26-28-25(19-29-26)23-16-14-22(15-17-23)21-11-5-2-6-12-21/h1-6,8-9,11-12,14-17,19,24H,7,10,13H2. The molecule has 3 aromatic carbocycles. The Hall–Kier alpha value is -3.22. The first kappa shape index (κ1) is 19.1. The van der Waals surface area contributed by atoms with Gasteiger partial charge in [0.05, 0.1) is 17.7 Å². The maximum atomic E-state index is 9.64. The molecule has 1 heterocycles. The highest BCUT2D eigenvalue weighted by molar-refractivity contribution is 7.10. The van der Waals surface area contributed by atoms with Crippen molar-refractivity contribution in [2.45, 2.75) is 25.2 Å². The largest absolute Gasteiger partial charge is 0.240 e. The van der Waals surface area contributed by atoms with Crippen LogP contribution < -0.4 is 0 Å². The zero-order valence-corrected chi connectivity index (χ0v) is 17.0. The number of rotatable bonds is 7. The fraction of sp³-hybridized carbons (Fsp3) is 0.154.